The number of hydrogen-bond acceptors (Lipinski definition) is 3. The van der Waals surface area contributed by atoms with Crippen LogP contribution in [0.5, 0.6) is 0 Å². The topological polar surface area (TPSA) is 55.1 Å². The molecule has 1 amide bonds. The maximum atomic E-state index is 13.6. The van der Waals surface area contributed by atoms with E-state index in [2.05, 4.69) is 21.2 Å². The summed E-state index contributed by atoms with van der Waals surface area (Å²) < 4.78 is 28.1. The Morgan fingerprint density at radius 1 is 1.30 bits per heavy atom. The zero-order valence-corrected chi connectivity index (χ0v) is 12.7. The number of rotatable bonds is 4. The van der Waals surface area contributed by atoms with Crippen LogP contribution in [-0.4, -0.2) is 12.5 Å². The zero-order valence-electron chi connectivity index (χ0n) is 10.3. The van der Waals surface area contributed by atoms with Gasteiger partial charge >= 0.3 is 0 Å². The SMILES string of the molecule is Nc1ccc(F)c(C(=O)NCCc2ccc(Br)s2)c1F. The Bertz CT molecular complexity index is 645. The summed E-state index contributed by atoms with van der Waals surface area (Å²) in [5.41, 5.74) is 4.43. The van der Waals surface area contributed by atoms with E-state index in [0.29, 0.717) is 13.0 Å². The number of amides is 1. The average Bonchev–Trinajstić information content (AvgIpc) is 2.80. The summed E-state index contributed by atoms with van der Waals surface area (Å²) in [6, 6.07) is 5.88. The molecule has 0 aliphatic rings. The molecule has 1 aromatic carbocycles. The van der Waals surface area contributed by atoms with Crippen LogP contribution in [-0.2, 0) is 6.42 Å². The molecule has 0 radical (unpaired) electrons. The number of carbonyl (C=O) groups excluding carboxylic acids is 1. The van der Waals surface area contributed by atoms with E-state index in [1.165, 1.54) is 0 Å². The highest BCUT2D eigenvalue weighted by atomic mass is 79.9. The summed E-state index contributed by atoms with van der Waals surface area (Å²) in [5, 5.41) is 2.48. The lowest BCUT2D eigenvalue weighted by Crippen LogP contribution is -2.27. The van der Waals surface area contributed by atoms with Crippen LogP contribution in [0.1, 0.15) is 15.2 Å². The number of benzene rings is 1. The van der Waals surface area contributed by atoms with Crippen molar-refractivity contribution in [2.45, 2.75) is 6.42 Å². The first-order valence-electron chi connectivity index (χ1n) is 5.75. The maximum Gasteiger partial charge on any atom is 0.257 e. The Labute approximate surface area is 126 Å². The average molecular weight is 361 g/mol. The van der Waals surface area contributed by atoms with E-state index in [1.807, 2.05) is 12.1 Å². The fourth-order valence-corrected chi connectivity index (χ4v) is 3.13. The predicted octanol–water partition coefficient (Wildman–Crippen LogP) is 3.34. The minimum atomic E-state index is -1.03. The minimum absolute atomic E-state index is 0.251. The van der Waals surface area contributed by atoms with Crippen molar-refractivity contribution in [2.75, 3.05) is 12.3 Å². The maximum absolute atomic E-state index is 13.6. The molecule has 3 N–H and O–H groups in total. The summed E-state index contributed by atoms with van der Waals surface area (Å²) in [6.07, 6.45) is 0.591. The van der Waals surface area contributed by atoms with Crippen LogP contribution in [0.3, 0.4) is 0 Å². The van der Waals surface area contributed by atoms with Gasteiger partial charge < -0.3 is 11.1 Å². The highest BCUT2D eigenvalue weighted by molar-refractivity contribution is 9.11. The first kappa shape index (κ1) is 14.9. The molecular weight excluding hydrogens is 350 g/mol. The number of anilines is 1. The molecule has 20 heavy (non-hydrogen) atoms. The summed E-state index contributed by atoms with van der Waals surface area (Å²) in [7, 11) is 0. The largest absolute Gasteiger partial charge is 0.396 e. The Morgan fingerprint density at radius 2 is 2.05 bits per heavy atom. The van der Waals surface area contributed by atoms with E-state index >= 15 is 0 Å². The number of nitrogens with two attached hydrogens (primary N) is 1. The predicted molar refractivity (Wildman–Crippen MR) is 78.8 cm³/mol. The summed E-state index contributed by atoms with van der Waals surface area (Å²) >= 11 is 4.88. The second kappa shape index (κ2) is 6.32. The van der Waals surface area contributed by atoms with Gasteiger partial charge in [0.1, 0.15) is 11.4 Å². The molecule has 0 spiro atoms. The van der Waals surface area contributed by atoms with E-state index in [0.717, 1.165) is 20.8 Å². The van der Waals surface area contributed by atoms with Gasteiger partial charge in [0.15, 0.2) is 5.82 Å². The first-order valence-corrected chi connectivity index (χ1v) is 7.36. The van der Waals surface area contributed by atoms with Crippen molar-refractivity contribution >= 4 is 38.9 Å². The van der Waals surface area contributed by atoms with Crippen molar-refractivity contribution in [1.82, 2.24) is 5.32 Å². The molecule has 0 aliphatic heterocycles. The normalized spacial score (nSPS) is 10.6. The third kappa shape index (κ3) is 3.34. The van der Waals surface area contributed by atoms with Gasteiger partial charge in [-0.25, -0.2) is 8.78 Å². The Kier molecular flexibility index (Phi) is 4.72. The molecule has 2 rings (SSSR count). The minimum Gasteiger partial charge on any atom is -0.396 e. The lowest BCUT2D eigenvalue weighted by Gasteiger charge is -2.08. The quantitative estimate of drug-likeness (QED) is 0.821. The molecule has 0 unspecified atom stereocenters. The smallest absolute Gasteiger partial charge is 0.257 e. The Balaban J connectivity index is 2.00. The molecule has 0 atom stereocenters. The van der Waals surface area contributed by atoms with Crippen LogP contribution < -0.4 is 11.1 Å². The Hall–Kier alpha value is -1.47. The van der Waals surface area contributed by atoms with Crippen molar-refractivity contribution in [2.24, 2.45) is 0 Å². The van der Waals surface area contributed by atoms with Crippen molar-refractivity contribution in [1.29, 1.82) is 0 Å². The van der Waals surface area contributed by atoms with Gasteiger partial charge in [0.05, 0.1) is 9.47 Å². The number of halogens is 3. The van der Waals surface area contributed by atoms with E-state index in [-0.39, 0.29) is 5.69 Å². The number of nitrogens with one attached hydrogen (secondary N) is 1. The molecular formula is C13H11BrF2N2OS. The number of hydrogen-bond donors (Lipinski definition) is 2. The van der Waals surface area contributed by atoms with Gasteiger partial charge in [0, 0.05) is 11.4 Å². The monoisotopic (exact) mass is 360 g/mol. The standard InChI is InChI=1S/C13H11BrF2N2OS/c14-10-4-1-7(20-10)5-6-18-13(19)11-8(15)2-3-9(17)12(11)16/h1-4H,5-6,17H2,(H,18,19). The third-order valence-electron chi connectivity index (χ3n) is 2.63. The number of nitrogen functional groups attached to an aromatic ring is 1. The van der Waals surface area contributed by atoms with Gasteiger partial charge in [0.2, 0.25) is 0 Å². The molecule has 1 heterocycles. The number of carbonyl (C=O) groups is 1. The highest BCUT2D eigenvalue weighted by Crippen LogP contribution is 2.22. The van der Waals surface area contributed by atoms with E-state index in [9.17, 15) is 13.6 Å². The van der Waals surface area contributed by atoms with Crippen LogP contribution in [0.25, 0.3) is 0 Å². The van der Waals surface area contributed by atoms with E-state index in [4.69, 9.17) is 5.73 Å². The molecule has 2 aromatic rings. The summed E-state index contributed by atoms with van der Waals surface area (Å²) in [5.74, 6) is -2.75. The molecule has 0 saturated carbocycles. The molecule has 0 bridgehead atoms. The van der Waals surface area contributed by atoms with Crippen LogP contribution in [0.4, 0.5) is 14.5 Å². The Morgan fingerprint density at radius 3 is 2.70 bits per heavy atom. The van der Waals surface area contributed by atoms with Crippen LogP contribution in [0.15, 0.2) is 28.1 Å². The van der Waals surface area contributed by atoms with Gasteiger partial charge in [0.25, 0.3) is 5.91 Å². The number of thiophene rings is 1. The van der Waals surface area contributed by atoms with Crippen molar-refractivity contribution < 1.29 is 13.6 Å². The van der Waals surface area contributed by atoms with Crippen LogP contribution in [0.2, 0.25) is 0 Å². The lowest BCUT2D eigenvalue weighted by molar-refractivity contribution is 0.0946. The van der Waals surface area contributed by atoms with Gasteiger partial charge in [-0.1, -0.05) is 0 Å². The van der Waals surface area contributed by atoms with Gasteiger partial charge in [-0.05, 0) is 46.6 Å². The zero-order chi connectivity index (χ0) is 14.7. The summed E-state index contributed by atoms with van der Waals surface area (Å²) in [4.78, 5) is 12.8. The third-order valence-corrected chi connectivity index (χ3v) is 4.32. The molecule has 106 valence electrons. The molecule has 0 fully saturated rings. The van der Waals surface area contributed by atoms with Crippen LogP contribution in [0, 0.1) is 11.6 Å². The first-order chi connectivity index (χ1) is 9.49. The highest BCUT2D eigenvalue weighted by Gasteiger charge is 2.19. The lowest BCUT2D eigenvalue weighted by atomic mass is 10.1. The van der Waals surface area contributed by atoms with Crippen LogP contribution >= 0.6 is 27.3 Å². The van der Waals surface area contributed by atoms with Gasteiger partial charge in [-0.15, -0.1) is 11.3 Å². The molecule has 3 nitrogen and oxygen atoms in total. The van der Waals surface area contributed by atoms with Crippen molar-refractivity contribution in [3.05, 3.63) is 50.1 Å². The van der Waals surface area contributed by atoms with E-state index in [1.54, 1.807) is 11.3 Å². The fraction of sp³-hybridized carbons (Fsp3) is 0.154. The summed E-state index contributed by atoms with van der Waals surface area (Å²) in [6.45, 7) is 0.291. The second-order valence-electron chi connectivity index (χ2n) is 4.04. The van der Waals surface area contributed by atoms with Gasteiger partial charge in [-0.3, -0.25) is 4.79 Å². The molecule has 7 heteroatoms. The fourth-order valence-electron chi connectivity index (χ4n) is 1.65. The van der Waals surface area contributed by atoms with Crippen molar-refractivity contribution in [3.63, 3.8) is 0 Å². The van der Waals surface area contributed by atoms with E-state index < -0.39 is 23.1 Å². The van der Waals surface area contributed by atoms with Gasteiger partial charge in [-0.2, -0.15) is 0 Å². The molecule has 0 saturated heterocycles. The molecule has 0 aliphatic carbocycles. The van der Waals surface area contributed by atoms with Crippen molar-refractivity contribution in [3.8, 4) is 0 Å². The molecule has 1 aromatic heterocycles. The second-order valence-corrected chi connectivity index (χ2v) is 6.58.